The van der Waals surface area contributed by atoms with E-state index >= 15 is 0 Å². The lowest BCUT2D eigenvalue weighted by molar-refractivity contribution is -0.143. The molecule has 5 nitrogen and oxygen atoms in total. The number of fused-ring (bicyclic) bond motifs is 1. The van der Waals surface area contributed by atoms with Crippen LogP contribution in [0.1, 0.15) is 6.92 Å². The normalized spacial score (nSPS) is 10.9. The van der Waals surface area contributed by atoms with Crippen LogP contribution >= 0.6 is 23.2 Å². The van der Waals surface area contributed by atoms with E-state index in [1.165, 1.54) is 0 Å². The van der Waals surface area contributed by atoms with Crippen LogP contribution in [0.2, 0.25) is 10.2 Å². The molecule has 0 aliphatic carbocycles. The predicted molar refractivity (Wildman–Crippen MR) is 89.6 cm³/mol. The van der Waals surface area contributed by atoms with E-state index in [0.29, 0.717) is 33.8 Å². The highest BCUT2D eigenvalue weighted by Gasteiger charge is 2.17. The van der Waals surface area contributed by atoms with Crippen LogP contribution in [0.15, 0.2) is 36.4 Å². The number of ether oxygens (including phenoxy) is 1. The van der Waals surface area contributed by atoms with Gasteiger partial charge < -0.3 is 4.74 Å². The van der Waals surface area contributed by atoms with E-state index < -0.39 is 0 Å². The van der Waals surface area contributed by atoms with E-state index in [9.17, 15) is 4.79 Å². The van der Waals surface area contributed by atoms with E-state index in [0.717, 1.165) is 5.56 Å². The maximum absolute atomic E-state index is 11.9. The Bertz CT molecular complexity index is 860. The number of aromatic nitrogens is 3. The van der Waals surface area contributed by atoms with Gasteiger partial charge in [0.2, 0.25) is 0 Å². The second kappa shape index (κ2) is 6.56. The van der Waals surface area contributed by atoms with Gasteiger partial charge in [-0.05, 0) is 43.3 Å². The van der Waals surface area contributed by atoms with Crippen LogP contribution in [0.25, 0.3) is 22.6 Å². The molecular formula is C16H13Cl2N3O2. The van der Waals surface area contributed by atoms with Gasteiger partial charge in [-0.1, -0.05) is 23.2 Å². The number of pyridine rings is 1. The zero-order valence-corrected chi connectivity index (χ0v) is 13.8. The van der Waals surface area contributed by atoms with Gasteiger partial charge in [0.1, 0.15) is 23.0 Å². The molecule has 0 saturated heterocycles. The van der Waals surface area contributed by atoms with E-state index in [2.05, 4.69) is 9.97 Å². The minimum atomic E-state index is -0.358. The van der Waals surface area contributed by atoms with Crippen molar-refractivity contribution >= 4 is 40.3 Å². The lowest BCUT2D eigenvalue weighted by atomic mass is 10.2. The molecule has 0 fully saturated rings. The Morgan fingerprint density at radius 2 is 1.87 bits per heavy atom. The molecule has 23 heavy (non-hydrogen) atoms. The van der Waals surface area contributed by atoms with Gasteiger partial charge in [-0.2, -0.15) is 0 Å². The summed E-state index contributed by atoms with van der Waals surface area (Å²) in [5.41, 5.74) is 2.02. The summed E-state index contributed by atoms with van der Waals surface area (Å²) in [4.78, 5) is 20.8. The fourth-order valence-corrected chi connectivity index (χ4v) is 2.55. The number of esters is 1. The van der Waals surface area contributed by atoms with Gasteiger partial charge in [0.15, 0.2) is 5.65 Å². The lowest BCUT2D eigenvalue weighted by Crippen LogP contribution is -2.14. The highest BCUT2D eigenvalue weighted by Crippen LogP contribution is 2.26. The maximum atomic E-state index is 11.9. The fourth-order valence-electron chi connectivity index (χ4n) is 2.28. The first kappa shape index (κ1) is 15.8. The molecule has 0 atom stereocenters. The topological polar surface area (TPSA) is 57.0 Å². The Kier molecular flexibility index (Phi) is 4.50. The fraction of sp³-hybridized carbons (Fsp3) is 0.188. The smallest absolute Gasteiger partial charge is 0.326 e. The number of carbonyl (C=O) groups excluding carboxylic acids is 1. The van der Waals surface area contributed by atoms with Crippen molar-refractivity contribution in [2.45, 2.75) is 13.5 Å². The Balaban J connectivity index is 2.15. The average Bonchev–Trinajstić information content (AvgIpc) is 2.86. The first-order valence-corrected chi connectivity index (χ1v) is 7.78. The molecule has 2 aromatic heterocycles. The zero-order chi connectivity index (χ0) is 16.4. The quantitative estimate of drug-likeness (QED) is 0.528. The third-order valence-corrected chi connectivity index (χ3v) is 3.72. The number of nitrogens with zero attached hydrogens (tertiary/aromatic N) is 3. The van der Waals surface area contributed by atoms with Crippen LogP contribution in [0, 0.1) is 0 Å². The van der Waals surface area contributed by atoms with Gasteiger partial charge in [0.05, 0.1) is 6.61 Å². The van der Waals surface area contributed by atoms with Gasteiger partial charge >= 0.3 is 5.97 Å². The molecule has 0 unspecified atom stereocenters. The molecule has 3 rings (SSSR count). The molecule has 0 spiro atoms. The van der Waals surface area contributed by atoms with E-state index in [1.807, 2.05) is 12.1 Å². The van der Waals surface area contributed by atoms with Crippen LogP contribution in [-0.2, 0) is 16.1 Å². The summed E-state index contributed by atoms with van der Waals surface area (Å²) in [5, 5.41) is 0.966. The largest absolute Gasteiger partial charge is 0.465 e. The Morgan fingerprint density at radius 1 is 1.13 bits per heavy atom. The zero-order valence-electron chi connectivity index (χ0n) is 12.3. The molecular weight excluding hydrogens is 337 g/mol. The van der Waals surface area contributed by atoms with Crippen molar-refractivity contribution in [2.75, 3.05) is 6.61 Å². The molecule has 0 amide bonds. The van der Waals surface area contributed by atoms with Crippen LogP contribution in [0.3, 0.4) is 0 Å². The molecule has 0 radical (unpaired) electrons. The number of rotatable bonds is 4. The highest BCUT2D eigenvalue weighted by atomic mass is 35.5. The monoisotopic (exact) mass is 349 g/mol. The van der Waals surface area contributed by atoms with Crippen molar-refractivity contribution in [3.63, 3.8) is 0 Å². The van der Waals surface area contributed by atoms with Crippen molar-refractivity contribution in [2.24, 2.45) is 0 Å². The van der Waals surface area contributed by atoms with Crippen LogP contribution in [0.4, 0.5) is 0 Å². The summed E-state index contributed by atoms with van der Waals surface area (Å²) in [7, 11) is 0. The van der Waals surface area contributed by atoms with Gasteiger partial charge in [0.25, 0.3) is 0 Å². The second-order valence-corrected chi connectivity index (χ2v) is 5.63. The number of hydrogen-bond donors (Lipinski definition) is 0. The van der Waals surface area contributed by atoms with Crippen molar-refractivity contribution in [3.05, 3.63) is 46.6 Å². The molecule has 2 heterocycles. The highest BCUT2D eigenvalue weighted by molar-refractivity contribution is 6.30. The van der Waals surface area contributed by atoms with Gasteiger partial charge in [0, 0.05) is 10.6 Å². The molecule has 7 heteroatoms. The molecule has 3 aromatic rings. The minimum absolute atomic E-state index is 0.00957. The third-order valence-electron chi connectivity index (χ3n) is 3.25. The Labute approximate surface area is 142 Å². The van der Waals surface area contributed by atoms with E-state index in [4.69, 9.17) is 27.9 Å². The summed E-state index contributed by atoms with van der Waals surface area (Å²) >= 11 is 11.9. The molecule has 118 valence electrons. The number of imidazole rings is 1. The van der Waals surface area contributed by atoms with Gasteiger partial charge in [-0.3, -0.25) is 9.36 Å². The number of hydrogen-bond acceptors (Lipinski definition) is 4. The summed E-state index contributed by atoms with van der Waals surface area (Å²) in [6, 6.07) is 10.7. The van der Waals surface area contributed by atoms with Crippen LogP contribution in [0.5, 0.6) is 0 Å². The summed E-state index contributed by atoms with van der Waals surface area (Å²) < 4.78 is 6.73. The SMILES string of the molecule is CCOC(=O)Cn1c(-c2ccc(Cl)cc2)nc2ccc(Cl)nc21. The average molecular weight is 350 g/mol. The number of carbonyl (C=O) groups is 1. The molecule has 0 N–H and O–H groups in total. The number of benzene rings is 1. The Hall–Kier alpha value is -2.11. The summed E-state index contributed by atoms with van der Waals surface area (Å²) in [6.07, 6.45) is 0. The number of halogens is 2. The molecule has 1 aromatic carbocycles. The van der Waals surface area contributed by atoms with E-state index in [-0.39, 0.29) is 12.5 Å². The molecule has 0 aliphatic heterocycles. The minimum Gasteiger partial charge on any atom is -0.465 e. The van der Waals surface area contributed by atoms with Gasteiger partial charge in [-0.25, -0.2) is 9.97 Å². The van der Waals surface area contributed by atoms with Crippen molar-refractivity contribution in [1.29, 1.82) is 0 Å². The van der Waals surface area contributed by atoms with Crippen molar-refractivity contribution < 1.29 is 9.53 Å². The van der Waals surface area contributed by atoms with Crippen molar-refractivity contribution in [1.82, 2.24) is 14.5 Å². The van der Waals surface area contributed by atoms with Crippen LogP contribution in [-0.4, -0.2) is 27.1 Å². The van der Waals surface area contributed by atoms with Crippen molar-refractivity contribution in [3.8, 4) is 11.4 Å². The molecule has 0 saturated carbocycles. The molecule has 0 bridgehead atoms. The summed E-state index contributed by atoms with van der Waals surface area (Å²) in [5.74, 6) is 0.253. The maximum Gasteiger partial charge on any atom is 0.326 e. The summed E-state index contributed by atoms with van der Waals surface area (Å²) in [6.45, 7) is 2.09. The predicted octanol–water partition coefficient (Wildman–Crippen LogP) is 3.97. The second-order valence-electron chi connectivity index (χ2n) is 4.81. The first-order valence-electron chi connectivity index (χ1n) is 7.03. The lowest BCUT2D eigenvalue weighted by Gasteiger charge is -2.08. The van der Waals surface area contributed by atoms with Gasteiger partial charge in [-0.15, -0.1) is 0 Å². The Morgan fingerprint density at radius 3 is 2.57 bits per heavy atom. The third kappa shape index (κ3) is 3.30. The van der Waals surface area contributed by atoms with E-state index in [1.54, 1.807) is 35.8 Å². The first-order chi connectivity index (χ1) is 11.1. The standard InChI is InChI=1S/C16H13Cl2N3O2/c1-2-23-14(22)9-21-15(10-3-5-11(17)6-4-10)19-12-7-8-13(18)20-16(12)21/h3-8H,2,9H2,1H3. The molecule has 0 aliphatic rings. The van der Waals surface area contributed by atoms with Crippen LogP contribution < -0.4 is 0 Å².